The Bertz CT molecular complexity index is 679. The number of carbonyl (C=O) groups excluding carboxylic acids is 1. The number of hydrogen-bond donors (Lipinski definition) is 1. The Kier molecular flexibility index (Phi) is 3.99. The van der Waals surface area contributed by atoms with E-state index in [4.69, 9.17) is 0 Å². The maximum atomic E-state index is 11.9. The van der Waals surface area contributed by atoms with Crippen LogP contribution in [-0.4, -0.2) is 27.7 Å². The molecule has 6 heteroatoms. The molecule has 1 amide bonds. The molecule has 21 heavy (non-hydrogen) atoms. The van der Waals surface area contributed by atoms with Crippen LogP contribution in [0.1, 0.15) is 22.1 Å². The van der Waals surface area contributed by atoms with Gasteiger partial charge in [0.25, 0.3) is 0 Å². The lowest BCUT2D eigenvalue weighted by atomic mass is 10.0. The Hall–Kier alpha value is -1.40. The van der Waals surface area contributed by atoms with Gasteiger partial charge in [-0.2, -0.15) is 5.10 Å². The van der Waals surface area contributed by atoms with E-state index in [0.29, 0.717) is 5.75 Å². The van der Waals surface area contributed by atoms with E-state index in [1.807, 2.05) is 14.0 Å². The highest BCUT2D eigenvalue weighted by Gasteiger charge is 2.29. The molecule has 1 aliphatic rings. The van der Waals surface area contributed by atoms with Crippen LogP contribution in [0.25, 0.3) is 0 Å². The van der Waals surface area contributed by atoms with Gasteiger partial charge in [-0.1, -0.05) is 12.1 Å². The molecule has 1 aromatic heterocycles. The van der Waals surface area contributed by atoms with Crippen LogP contribution >= 0.6 is 23.5 Å². The SMILES string of the molecule is CSc1ccc(C2SCC(=O)Nc3c2c(C)nn3C)cc1. The van der Waals surface area contributed by atoms with Crippen molar-refractivity contribution < 1.29 is 4.79 Å². The summed E-state index contributed by atoms with van der Waals surface area (Å²) in [6.07, 6.45) is 2.07. The van der Waals surface area contributed by atoms with Crippen molar-refractivity contribution in [2.45, 2.75) is 17.1 Å². The Balaban J connectivity index is 2.07. The second-order valence-corrected chi connectivity index (χ2v) is 6.96. The van der Waals surface area contributed by atoms with Crippen molar-refractivity contribution in [1.82, 2.24) is 9.78 Å². The summed E-state index contributed by atoms with van der Waals surface area (Å²) in [5.41, 5.74) is 3.30. The molecule has 0 fully saturated rings. The topological polar surface area (TPSA) is 46.9 Å². The van der Waals surface area contributed by atoms with Crippen LogP contribution in [0.5, 0.6) is 0 Å². The average Bonchev–Trinajstić information content (AvgIpc) is 2.66. The van der Waals surface area contributed by atoms with Crippen LogP contribution in [0.15, 0.2) is 29.2 Å². The zero-order chi connectivity index (χ0) is 15.0. The van der Waals surface area contributed by atoms with Gasteiger partial charge in [-0.25, -0.2) is 0 Å². The summed E-state index contributed by atoms with van der Waals surface area (Å²) < 4.78 is 1.76. The van der Waals surface area contributed by atoms with E-state index in [2.05, 4.69) is 40.9 Å². The smallest absolute Gasteiger partial charge is 0.235 e. The van der Waals surface area contributed by atoms with Gasteiger partial charge in [-0.3, -0.25) is 9.48 Å². The van der Waals surface area contributed by atoms with Crippen LogP contribution in [-0.2, 0) is 11.8 Å². The van der Waals surface area contributed by atoms with Crippen molar-refractivity contribution in [3.63, 3.8) is 0 Å². The lowest BCUT2D eigenvalue weighted by Gasteiger charge is -2.15. The number of fused-ring (bicyclic) bond motifs is 1. The number of hydrogen-bond acceptors (Lipinski definition) is 4. The number of amides is 1. The molecule has 0 saturated carbocycles. The molecule has 1 aliphatic heterocycles. The Labute approximate surface area is 132 Å². The van der Waals surface area contributed by atoms with Gasteiger partial charge in [0.2, 0.25) is 5.91 Å². The maximum Gasteiger partial charge on any atom is 0.235 e. The first-order valence-electron chi connectivity index (χ1n) is 6.69. The van der Waals surface area contributed by atoms with Gasteiger partial charge in [0.05, 0.1) is 16.7 Å². The lowest BCUT2D eigenvalue weighted by molar-refractivity contribution is -0.113. The number of nitrogens with zero attached hydrogens (tertiary/aromatic N) is 2. The first-order valence-corrected chi connectivity index (χ1v) is 8.96. The minimum absolute atomic E-state index is 0.0347. The van der Waals surface area contributed by atoms with Gasteiger partial charge in [0.15, 0.2) is 0 Å². The van der Waals surface area contributed by atoms with E-state index < -0.39 is 0 Å². The first-order chi connectivity index (χ1) is 10.1. The van der Waals surface area contributed by atoms with E-state index >= 15 is 0 Å². The van der Waals surface area contributed by atoms with Crippen LogP contribution in [0.3, 0.4) is 0 Å². The molecule has 0 aliphatic carbocycles. The van der Waals surface area contributed by atoms with E-state index in [0.717, 1.165) is 17.1 Å². The number of anilines is 1. The van der Waals surface area contributed by atoms with Gasteiger partial charge in [-0.15, -0.1) is 23.5 Å². The summed E-state index contributed by atoms with van der Waals surface area (Å²) in [6.45, 7) is 2.00. The van der Waals surface area contributed by atoms with Gasteiger partial charge >= 0.3 is 0 Å². The number of aromatic nitrogens is 2. The van der Waals surface area contributed by atoms with Crippen molar-refractivity contribution in [3.8, 4) is 0 Å². The molecular weight excluding hydrogens is 302 g/mol. The van der Waals surface area contributed by atoms with Crippen molar-refractivity contribution >= 4 is 35.2 Å². The molecule has 2 heterocycles. The molecule has 0 spiro atoms. The van der Waals surface area contributed by atoms with Crippen molar-refractivity contribution in [3.05, 3.63) is 41.1 Å². The molecule has 3 rings (SSSR count). The van der Waals surface area contributed by atoms with Crippen LogP contribution in [0, 0.1) is 6.92 Å². The number of nitrogens with one attached hydrogen (secondary N) is 1. The summed E-state index contributed by atoms with van der Waals surface area (Å²) in [5.74, 6) is 1.32. The van der Waals surface area contributed by atoms with Gasteiger partial charge in [-0.05, 0) is 30.9 Å². The number of carbonyl (C=O) groups is 1. The second-order valence-electron chi connectivity index (χ2n) is 4.98. The molecule has 4 nitrogen and oxygen atoms in total. The fraction of sp³-hybridized carbons (Fsp3) is 0.333. The van der Waals surface area contributed by atoms with E-state index in [1.54, 1.807) is 28.2 Å². The quantitative estimate of drug-likeness (QED) is 0.863. The number of thioether (sulfide) groups is 2. The third-order valence-corrected chi connectivity index (χ3v) is 5.60. The fourth-order valence-corrected chi connectivity index (χ4v) is 4.19. The van der Waals surface area contributed by atoms with E-state index in [-0.39, 0.29) is 11.2 Å². The highest BCUT2D eigenvalue weighted by Crippen LogP contribution is 2.43. The minimum atomic E-state index is 0.0347. The molecule has 2 aromatic rings. The predicted octanol–water partition coefficient (Wildman–Crippen LogP) is 3.23. The third kappa shape index (κ3) is 2.70. The highest BCUT2D eigenvalue weighted by atomic mass is 32.2. The van der Waals surface area contributed by atoms with Gasteiger partial charge in [0.1, 0.15) is 5.82 Å². The van der Waals surface area contributed by atoms with Gasteiger partial charge in [0, 0.05) is 17.5 Å². The van der Waals surface area contributed by atoms with Crippen LogP contribution in [0.4, 0.5) is 5.82 Å². The average molecular weight is 319 g/mol. The minimum Gasteiger partial charge on any atom is -0.310 e. The van der Waals surface area contributed by atoms with Crippen LogP contribution < -0.4 is 5.32 Å². The molecule has 0 saturated heterocycles. The Morgan fingerprint density at radius 2 is 2.10 bits per heavy atom. The largest absolute Gasteiger partial charge is 0.310 e. The first kappa shape index (κ1) is 14.5. The number of aryl methyl sites for hydroxylation is 2. The molecule has 1 unspecified atom stereocenters. The monoisotopic (exact) mass is 319 g/mol. The molecule has 110 valence electrons. The van der Waals surface area contributed by atoms with Crippen molar-refractivity contribution in [2.75, 3.05) is 17.3 Å². The molecule has 1 N–H and O–H groups in total. The van der Waals surface area contributed by atoms with E-state index in [9.17, 15) is 4.79 Å². The van der Waals surface area contributed by atoms with E-state index in [1.165, 1.54) is 10.5 Å². The summed E-state index contributed by atoms with van der Waals surface area (Å²) in [5, 5.41) is 7.58. The van der Waals surface area contributed by atoms with Crippen molar-refractivity contribution in [1.29, 1.82) is 0 Å². The Morgan fingerprint density at radius 1 is 1.38 bits per heavy atom. The molecule has 0 bridgehead atoms. The molecular formula is C15H17N3OS2. The summed E-state index contributed by atoms with van der Waals surface area (Å²) in [4.78, 5) is 13.2. The van der Waals surface area contributed by atoms with Gasteiger partial charge < -0.3 is 5.32 Å². The summed E-state index contributed by atoms with van der Waals surface area (Å²) >= 11 is 3.39. The molecule has 1 atom stereocenters. The normalized spacial score (nSPS) is 18.0. The zero-order valence-corrected chi connectivity index (χ0v) is 13.8. The second kappa shape index (κ2) is 5.77. The molecule has 1 aromatic carbocycles. The number of benzene rings is 1. The highest BCUT2D eigenvalue weighted by molar-refractivity contribution is 8.00. The zero-order valence-electron chi connectivity index (χ0n) is 12.2. The lowest BCUT2D eigenvalue weighted by Crippen LogP contribution is -2.15. The Morgan fingerprint density at radius 3 is 2.76 bits per heavy atom. The van der Waals surface area contributed by atoms with Crippen molar-refractivity contribution in [2.24, 2.45) is 7.05 Å². The summed E-state index contributed by atoms with van der Waals surface area (Å²) in [6, 6.07) is 8.56. The fourth-order valence-electron chi connectivity index (χ4n) is 2.59. The third-order valence-electron chi connectivity index (χ3n) is 3.59. The summed E-state index contributed by atoms with van der Waals surface area (Å²) in [7, 11) is 1.87. The van der Waals surface area contributed by atoms with Crippen LogP contribution in [0.2, 0.25) is 0 Å². The predicted molar refractivity (Wildman–Crippen MR) is 89.1 cm³/mol. The number of rotatable bonds is 2. The standard InChI is InChI=1S/C15H17N3OS2/c1-9-13-14(10-4-6-11(20-3)7-5-10)21-8-12(19)16-15(13)18(2)17-9/h4-7,14H,8H2,1-3H3,(H,16,19). The molecule has 0 radical (unpaired) electrons. The maximum absolute atomic E-state index is 11.9.